The van der Waals surface area contributed by atoms with Crippen molar-refractivity contribution in [1.82, 2.24) is 10.6 Å². The van der Waals surface area contributed by atoms with E-state index in [-0.39, 0.29) is 42.4 Å². The second kappa shape index (κ2) is 8.89. The fourth-order valence-corrected chi connectivity index (χ4v) is 5.41. The molecule has 0 aliphatic heterocycles. The van der Waals surface area contributed by atoms with Crippen LogP contribution in [0.4, 0.5) is 4.79 Å². The summed E-state index contributed by atoms with van der Waals surface area (Å²) >= 11 is 0. The van der Waals surface area contributed by atoms with Gasteiger partial charge in [0.25, 0.3) is 0 Å². The molecule has 2 atom stereocenters. The molecule has 3 aliphatic carbocycles. The van der Waals surface area contributed by atoms with Crippen LogP contribution in [0.1, 0.15) is 49.1 Å². The Balaban J connectivity index is 1.10. The molecule has 3 aliphatic rings. The number of carboxylic acids is 1. The summed E-state index contributed by atoms with van der Waals surface area (Å²) in [6, 6.07) is 16.3. The highest BCUT2D eigenvalue weighted by Crippen LogP contribution is 2.44. The number of carboxylic acid groups (broad SMARTS) is 1. The van der Waals surface area contributed by atoms with E-state index in [2.05, 4.69) is 34.9 Å². The van der Waals surface area contributed by atoms with Gasteiger partial charge in [-0.05, 0) is 54.4 Å². The molecule has 33 heavy (non-hydrogen) atoms. The van der Waals surface area contributed by atoms with Crippen molar-refractivity contribution in [2.45, 2.75) is 50.1 Å². The van der Waals surface area contributed by atoms with Crippen LogP contribution in [-0.4, -0.2) is 41.8 Å². The van der Waals surface area contributed by atoms with Crippen LogP contribution in [0.3, 0.4) is 0 Å². The third-order valence-electron chi connectivity index (χ3n) is 7.30. The van der Waals surface area contributed by atoms with E-state index < -0.39 is 12.1 Å². The standard InChI is InChI=1S/C26H28N2O5/c29-24(27-18-12-16(13-18)25(30)31)15-9-10-17(11-15)28-26(32)33-14-23-21-7-3-1-5-19(21)20-6-2-4-8-22(20)23/h1-8,15-18,23H,9-14H2,(H,27,29)(H,28,32)(H,30,31). The average Bonchev–Trinajstić information content (AvgIpc) is 3.37. The Morgan fingerprint density at radius 2 is 1.42 bits per heavy atom. The molecule has 2 amide bonds. The number of carbonyl (C=O) groups is 3. The Morgan fingerprint density at radius 1 is 0.818 bits per heavy atom. The zero-order valence-electron chi connectivity index (χ0n) is 18.3. The summed E-state index contributed by atoms with van der Waals surface area (Å²) in [5.74, 6) is -1.33. The van der Waals surface area contributed by atoms with Crippen molar-refractivity contribution in [3.05, 3.63) is 59.7 Å². The number of rotatable bonds is 6. The molecule has 0 radical (unpaired) electrons. The molecule has 0 bridgehead atoms. The lowest BCUT2D eigenvalue weighted by molar-refractivity contribution is -0.146. The number of hydrogen-bond acceptors (Lipinski definition) is 4. The van der Waals surface area contributed by atoms with Gasteiger partial charge in [-0.25, -0.2) is 4.79 Å². The van der Waals surface area contributed by atoms with Gasteiger partial charge in [0.2, 0.25) is 5.91 Å². The van der Waals surface area contributed by atoms with Gasteiger partial charge in [-0.2, -0.15) is 0 Å². The van der Waals surface area contributed by atoms with Gasteiger partial charge in [0.05, 0.1) is 5.92 Å². The Bertz CT molecular complexity index is 1030. The topological polar surface area (TPSA) is 105 Å². The SMILES string of the molecule is O=C(NC1CCC(C(=O)NC2CC(C(=O)O)C2)C1)OCC1c2ccccc2-c2ccccc21. The number of carbonyl (C=O) groups excluding carboxylic acids is 2. The lowest BCUT2D eigenvalue weighted by Gasteiger charge is -2.33. The number of nitrogens with one attached hydrogen (secondary N) is 2. The summed E-state index contributed by atoms with van der Waals surface area (Å²) in [4.78, 5) is 35.9. The zero-order chi connectivity index (χ0) is 22.9. The van der Waals surface area contributed by atoms with Crippen LogP contribution in [0.5, 0.6) is 0 Å². The van der Waals surface area contributed by atoms with E-state index >= 15 is 0 Å². The van der Waals surface area contributed by atoms with Crippen molar-refractivity contribution in [1.29, 1.82) is 0 Å². The minimum Gasteiger partial charge on any atom is -0.481 e. The highest BCUT2D eigenvalue weighted by atomic mass is 16.5. The molecule has 0 aromatic heterocycles. The summed E-state index contributed by atoms with van der Waals surface area (Å²) in [6.45, 7) is 0.267. The van der Waals surface area contributed by atoms with E-state index in [9.17, 15) is 14.4 Å². The largest absolute Gasteiger partial charge is 0.481 e. The van der Waals surface area contributed by atoms with Crippen LogP contribution in [-0.2, 0) is 14.3 Å². The molecule has 7 nitrogen and oxygen atoms in total. The van der Waals surface area contributed by atoms with Crippen molar-refractivity contribution in [2.24, 2.45) is 11.8 Å². The summed E-state index contributed by atoms with van der Waals surface area (Å²) < 4.78 is 5.62. The van der Waals surface area contributed by atoms with Crippen LogP contribution >= 0.6 is 0 Å². The minimum atomic E-state index is -0.797. The summed E-state index contributed by atoms with van der Waals surface area (Å²) in [7, 11) is 0. The van der Waals surface area contributed by atoms with Gasteiger partial charge < -0.3 is 20.5 Å². The Labute approximate surface area is 192 Å². The number of alkyl carbamates (subject to hydrolysis) is 1. The molecular formula is C26H28N2O5. The third-order valence-corrected chi connectivity index (χ3v) is 7.30. The van der Waals surface area contributed by atoms with Gasteiger partial charge in [-0.1, -0.05) is 48.5 Å². The van der Waals surface area contributed by atoms with Crippen molar-refractivity contribution in [2.75, 3.05) is 6.61 Å². The average molecular weight is 449 g/mol. The molecule has 7 heteroatoms. The highest BCUT2D eigenvalue weighted by Gasteiger charge is 2.38. The fraction of sp³-hybridized carbons (Fsp3) is 0.423. The van der Waals surface area contributed by atoms with Gasteiger partial charge in [-0.3, -0.25) is 9.59 Å². The van der Waals surface area contributed by atoms with Crippen LogP contribution in [0.2, 0.25) is 0 Å². The maximum absolute atomic E-state index is 12.5. The molecule has 5 rings (SSSR count). The van der Waals surface area contributed by atoms with Crippen LogP contribution in [0.15, 0.2) is 48.5 Å². The van der Waals surface area contributed by atoms with Gasteiger partial charge >= 0.3 is 12.1 Å². The molecule has 172 valence electrons. The lowest BCUT2D eigenvalue weighted by atomic mass is 9.80. The first kappa shape index (κ1) is 21.5. The molecule has 3 N–H and O–H groups in total. The first-order valence-electron chi connectivity index (χ1n) is 11.6. The van der Waals surface area contributed by atoms with Crippen LogP contribution in [0.25, 0.3) is 11.1 Å². The van der Waals surface area contributed by atoms with Crippen molar-refractivity contribution in [3.8, 4) is 11.1 Å². The molecule has 2 saturated carbocycles. The van der Waals surface area contributed by atoms with E-state index in [0.29, 0.717) is 25.7 Å². The van der Waals surface area contributed by atoms with Gasteiger partial charge in [0.15, 0.2) is 0 Å². The third kappa shape index (κ3) is 4.32. The van der Waals surface area contributed by atoms with Crippen LogP contribution in [0, 0.1) is 11.8 Å². The quantitative estimate of drug-likeness (QED) is 0.625. The number of ether oxygens (including phenoxy) is 1. The van der Waals surface area contributed by atoms with Crippen molar-refractivity contribution >= 4 is 18.0 Å². The predicted molar refractivity (Wildman–Crippen MR) is 122 cm³/mol. The second-order valence-electron chi connectivity index (χ2n) is 9.39. The molecule has 2 aromatic rings. The van der Waals surface area contributed by atoms with Crippen LogP contribution < -0.4 is 10.6 Å². The molecule has 2 unspecified atom stereocenters. The van der Waals surface area contributed by atoms with E-state index in [1.807, 2.05) is 24.3 Å². The molecular weight excluding hydrogens is 420 g/mol. The van der Waals surface area contributed by atoms with E-state index in [4.69, 9.17) is 9.84 Å². The number of hydrogen-bond donors (Lipinski definition) is 3. The molecule has 2 aromatic carbocycles. The number of aliphatic carboxylic acids is 1. The number of fused-ring (bicyclic) bond motifs is 3. The van der Waals surface area contributed by atoms with E-state index in [0.717, 1.165) is 6.42 Å². The molecule has 0 heterocycles. The first-order chi connectivity index (χ1) is 16.0. The van der Waals surface area contributed by atoms with Crippen molar-refractivity contribution in [3.63, 3.8) is 0 Å². The second-order valence-corrected chi connectivity index (χ2v) is 9.39. The summed E-state index contributed by atoms with van der Waals surface area (Å²) in [6.07, 6.45) is 2.54. The Morgan fingerprint density at radius 3 is 2.06 bits per heavy atom. The maximum Gasteiger partial charge on any atom is 0.407 e. The molecule has 0 saturated heterocycles. The van der Waals surface area contributed by atoms with Crippen molar-refractivity contribution < 1.29 is 24.2 Å². The minimum absolute atomic E-state index is 0.0161. The van der Waals surface area contributed by atoms with Gasteiger partial charge in [0.1, 0.15) is 6.61 Å². The normalized spacial score (nSPS) is 25.5. The number of benzene rings is 2. The van der Waals surface area contributed by atoms with Gasteiger partial charge in [-0.15, -0.1) is 0 Å². The Hall–Kier alpha value is -3.35. The summed E-state index contributed by atoms with van der Waals surface area (Å²) in [5, 5.41) is 14.8. The maximum atomic E-state index is 12.5. The monoisotopic (exact) mass is 448 g/mol. The Kier molecular flexibility index (Phi) is 5.79. The first-order valence-corrected chi connectivity index (χ1v) is 11.6. The zero-order valence-corrected chi connectivity index (χ0v) is 18.3. The lowest BCUT2D eigenvalue weighted by Crippen LogP contribution is -2.48. The smallest absolute Gasteiger partial charge is 0.407 e. The fourth-order valence-electron chi connectivity index (χ4n) is 5.41. The van der Waals surface area contributed by atoms with E-state index in [1.165, 1.54) is 22.3 Å². The van der Waals surface area contributed by atoms with E-state index in [1.54, 1.807) is 0 Å². The molecule has 0 spiro atoms. The number of amides is 2. The van der Waals surface area contributed by atoms with Gasteiger partial charge in [0, 0.05) is 23.9 Å². The highest BCUT2D eigenvalue weighted by molar-refractivity contribution is 5.81. The molecule has 2 fully saturated rings. The predicted octanol–water partition coefficient (Wildman–Crippen LogP) is 3.67. The summed E-state index contributed by atoms with van der Waals surface area (Å²) in [5.41, 5.74) is 4.72.